The van der Waals surface area contributed by atoms with E-state index in [9.17, 15) is 4.79 Å². The van der Waals surface area contributed by atoms with E-state index in [-0.39, 0.29) is 5.91 Å². The molecule has 0 unspecified atom stereocenters. The number of nitrogens with zero attached hydrogens (tertiary/aromatic N) is 3. The highest BCUT2D eigenvalue weighted by atomic mass is 35.5. The van der Waals surface area contributed by atoms with Crippen LogP contribution in [0.2, 0.25) is 5.02 Å². The molecule has 0 atom stereocenters. The number of rotatable bonds is 4. The second-order valence-electron chi connectivity index (χ2n) is 6.01. The molecule has 0 fully saturated rings. The van der Waals surface area contributed by atoms with Gasteiger partial charge in [0.15, 0.2) is 5.82 Å². The number of thioether (sulfide) groups is 1. The average Bonchev–Trinajstić information content (AvgIpc) is 3.15. The minimum absolute atomic E-state index is 0.0752. The van der Waals surface area contributed by atoms with Crippen LogP contribution in [0.3, 0.4) is 0 Å². The number of nitrogens with one attached hydrogen (secondary N) is 1. The first-order valence-electron chi connectivity index (χ1n) is 8.41. The summed E-state index contributed by atoms with van der Waals surface area (Å²) in [4.78, 5) is 19.0. The molecule has 1 aromatic heterocycles. The number of H-pyrrole nitrogens is 1. The maximum absolute atomic E-state index is 12.7. The number of benzene rings is 2. The second-order valence-corrected chi connectivity index (χ2v) is 7.36. The fourth-order valence-corrected chi connectivity index (χ4v) is 3.98. The number of anilines is 1. The third-order valence-electron chi connectivity index (χ3n) is 4.33. The van der Waals surface area contributed by atoms with Crippen molar-refractivity contribution >= 4 is 35.0 Å². The number of aryl methyl sites for hydroxylation is 1. The molecular formula is C19H17ClN4OS. The Labute approximate surface area is 160 Å². The number of fused-ring (bicyclic) bond motifs is 1. The Hall–Kier alpha value is -2.31. The van der Waals surface area contributed by atoms with E-state index >= 15 is 0 Å². The van der Waals surface area contributed by atoms with Crippen LogP contribution in [-0.2, 0) is 11.2 Å². The summed E-state index contributed by atoms with van der Waals surface area (Å²) in [5, 5.41) is 8.24. The summed E-state index contributed by atoms with van der Waals surface area (Å²) in [5.74, 6) is 0.980. The Bertz CT molecular complexity index is 943. The van der Waals surface area contributed by atoms with Crippen molar-refractivity contribution < 1.29 is 4.79 Å². The summed E-state index contributed by atoms with van der Waals surface area (Å²) in [6, 6.07) is 15.6. The highest BCUT2D eigenvalue weighted by molar-refractivity contribution is 7.99. The van der Waals surface area contributed by atoms with E-state index in [1.807, 2.05) is 47.4 Å². The lowest BCUT2D eigenvalue weighted by atomic mass is 10.0. The van der Waals surface area contributed by atoms with Gasteiger partial charge < -0.3 is 4.90 Å². The van der Waals surface area contributed by atoms with Crippen LogP contribution in [0.15, 0.2) is 53.7 Å². The van der Waals surface area contributed by atoms with Crippen LogP contribution in [0.25, 0.3) is 11.4 Å². The van der Waals surface area contributed by atoms with Crippen molar-refractivity contribution in [2.45, 2.75) is 18.0 Å². The molecule has 0 spiro atoms. The molecule has 1 N–H and O–H groups in total. The summed E-state index contributed by atoms with van der Waals surface area (Å²) in [6.07, 6.45) is 2.01. The van der Waals surface area contributed by atoms with Crippen LogP contribution in [0.4, 0.5) is 5.69 Å². The average molecular weight is 385 g/mol. The zero-order chi connectivity index (χ0) is 17.9. The SMILES string of the molecule is O=C(CSc1n[nH]c(-c2ccccc2Cl)n1)N1CCCc2ccccc21. The normalized spacial score (nSPS) is 13.5. The van der Waals surface area contributed by atoms with E-state index in [1.54, 1.807) is 0 Å². The van der Waals surface area contributed by atoms with Gasteiger partial charge in [0, 0.05) is 17.8 Å². The number of aromatic amines is 1. The van der Waals surface area contributed by atoms with E-state index in [2.05, 4.69) is 21.2 Å². The molecule has 0 saturated carbocycles. The van der Waals surface area contributed by atoms with E-state index < -0.39 is 0 Å². The first-order valence-corrected chi connectivity index (χ1v) is 9.77. The largest absolute Gasteiger partial charge is 0.311 e. The van der Waals surface area contributed by atoms with Crippen molar-refractivity contribution in [3.8, 4) is 11.4 Å². The number of halogens is 1. The van der Waals surface area contributed by atoms with Gasteiger partial charge in [-0.25, -0.2) is 4.98 Å². The lowest BCUT2D eigenvalue weighted by molar-refractivity contribution is -0.116. The third-order valence-corrected chi connectivity index (χ3v) is 5.49. The van der Waals surface area contributed by atoms with Gasteiger partial charge >= 0.3 is 0 Å². The number of hydrogen-bond acceptors (Lipinski definition) is 4. The van der Waals surface area contributed by atoms with Gasteiger partial charge in [-0.15, -0.1) is 5.10 Å². The zero-order valence-corrected chi connectivity index (χ0v) is 15.6. The highest BCUT2D eigenvalue weighted by Gasteiger charge is 2.22. The first-order chi connectivity index (χ1) is 12.7. The number of carbonyl (C=O) groups excluding carboxylic acids is 1. The van der Waals surface area contributed by atoms with Crippen LogP contribution in [0, 0.1) is 0 Å². The fraction of sp³-hybridized carbons (Fsp3) is 0.211. The minimum atomic E-state index is 0.0752. The molecule has 0 bridgehead atoms. The van der Waals surface area contributed by atoms with E-state index in [0.717, 1.165) is 30.6 Å². The predicted molar refractivity (Wildman–Crippen MR) is 105 cm³/mol. The van der Waals surface area contributed by atoms with Crippen molar-refractivity contribution in [3.05, 3.63) is 59.1 Å². The summed E-state index contributed by atoms with van der Waals surface area (Å²) < 4.78 is 0. The third kappa shape index (κ3) is 3.48. The van der Waals surface area contributed by atoms with E-state index in [0.29, 0.717) is 21.8 Å². The number of carbonyl (C=O) groups is 1. The number of hydrogen-bond donors (Lipinski definition) is 1. The Morgan fingerprint density at radius 1 is 1.19 bits per heavy atom. The topological polar surface area (TPSA) is 61.9 Å². The molecule has 1 amide bonds. The van der Waals surface area contributed by atoms with Crippen LogP contribution >= 0.6 is 23.4 Å². The van der Waals surface area contributed by atoms with E-state index in [1.165, 1.54) is 17.3 Å². The molecule has 0 saturated heterocycles. The predicted octanol–water partition coefficient (Wildman–Crippen LogP) is 4.20. The lowest BCUT2D eigenvalue weighted by Crippen LogP contribution is -2.36. The Morgan fingerprint density at radius 3 is 2.88 bits per heavy atom. The zero-order valence-electron chi connectivity index (χ0n) is 14.0. The molecule has 4 rings (SSSR count). The molecule has 3 aromatic rings. The monoisotopic (exact) mass is 384 g/mol. The standard InChI is InChI=1S/C19H17ClN4OS/c20-15-9-3-2-8-14(15)18-21-19(23-22-18)26-12-17(25)24-11-5-7-13-6-1-4-10-16(13)24/h1-4,6,8-10H,5,7,11-12H2,(H,21,22,23). The summed E-state index contributed by atoms with van der Waals surface area (Å²) >= 11 is 7.52. The van der Waals surface area contributed by atoms with Gasteiger partial charge in [-0.1, -0.05) is 53.7 Å². The fourth-order valence-electron chi connectivity index (χ4n) is 3.08. The van der Waals surface area contributed by atoms with Gasteiger partial charge in [0.25, 0.3) is 0 Å². The molecular weight excluding hydrogens is 368 g/mol. The summed E-state index contributed by atoms with van der Waals surface area (Å²) in [7, 11) is 0. The smallest absolute Gasteiger partial charge is 0.237 e. The molecule has 2 heterocycles. The van der Waals surface area contributed by atoms with Crippen molar-refractivity contribution in [2.75, 3.05) is 17.2 Å². The first kappa shape index (κ1) is 17.1. The molecule has 26 heavy (non-hydrogen) atoms. The molecule has 1 aliphatic heterocycles. The summed E-state index contributed by atoms with van der Waals surface area (Å²) in [6.45, 7) is 0.759. The van der Waals surface area contributed by atoms with Gasteiger partial charge in [0.1, 0.15) is 0 Å². The number of amides is 1. The van der Waals surface area contributed by atoms with Gasteiger partial charge in [-0.05, 0) is 36.6 Å². The maximum atomic E-state index is 12.7. The van der Waals surface area contributed by atoms with Crippen molar-refractivity contribution in [2.24, 2.45) is 0 Å². The Balaban J connectivity index is 1.44. The quantitative estimate of drug-likeness (QED) is 0.685. The van der Waals surface area contributed by atoms with Gasteiger partial charge in [0.2, 0.25) is 11.1 Å². The van der Waals surface area contributed by atoms with Crippen LogP contribution < -0.4 is 4.90 Å². The Morgan fingerprint density at radius 2 is 2.00 bits per heavy atom. The lowest BCUT2D eigenvalue weighted by Gasteiger charge is -2.29. The molecule has 2 aromatic carbocycles. The molecule has 1 aliphatic rings. The highest BCUT2D eigenvalue weighted by Crippen LogP contribution is 2.29. The molecule has 132 valence electrons. The van der Waals surface area contributed by atoms with Gasteiger partial charge in [0.05, 0.1) is 10.8 Å². The van der Waals surface area contributed by atoms with Crippen molar-refractivity contribution in [1.29, 1.82) is 0 Å². The van der Waals surface area contributed by atoms with Crippen LogP contribution in [0.5, 0.6) is 0 Å². The van der Waals surface area contributed by atoms with Crippen molar-refractivity contribution in [3.63, 3.8) is 0 Å². The van der Waals surface area contributed by atoms with Crippen LogP contribution in [-0.4, -0.2) is 33.4 Å². The molecule has 0 radical (unpaired) electrons. The molecule has 0 aliphatic carbocycles. The number of para-hydroxylation sites is 1. The Kier molecular flexibility index (Phi) is 4.95. The number of aromatic nitrogens is 3. The van der Waals surface area contributed by atoms with Gasteiger partial charge in [-0.3, -0.25) is 9.89 Å². The minimum Gasteiger partial charge on any atom is -0.311 e. The molecule has 7 heteroatoms. The van der Waals surface area contributed by atoms with Gasteiger partial charge in [-0.2, -0.15) is 0 Å². The second kappa shape index (κ2) is 7.51. The summed E-state index contributed by atoms with van der Waals surface area (Å²) in [5.41, 5.74) is 3.05. The van der Waals surface area contributed by atoms with Crippen molar-refractivity contribution in [1.82, 2.24) is 15.2 Å². The maximum Gasteiger partial charge on any atom is 0.237 e. The van der Waals surface area contributed by atoms with Crippen LogP contribution in [0.1, 0.15) is 12.0 Å². The molecule has 5 nitrogen and oxygen atoms in total. The van der Waals surface area contributed by atoms with E-state index in [4.69, 9.17) is 11.6 Å².